The van der Waals surface area contributed by atoms with Crippen molar-refractivity contribution in [2.45, 2.75) is 53.1 Å². The molecule has 0 spiro atoms. The number of aryl methyl sites for hydroxylation is 1. The molecule has 10 heteroatoms. The third-order valence-corrected chi connectivity index (χ3v) is 6.00. The Morgan fingerprint density at radius 2 is 1.92 bits per heavy atom. The Morgan fingerprint density at radius 3 is 2.58 bits per heavy atom. The highest BCUT2D eigenvalue weighted by atomic mass is 31.2. The molecule has 9 nitrogen and oxygen atoms in total. The lowest BCUT2D eigenvalue weighted by Crippen LogP contribution is -2.35. The summed E-state index contributed by atoms with van der Waals surface area (Å²) in [5, 5.41) is 0. The largest absolute Gasteiger partial charge is 0.330 e. The van der Waals surface area contributed by atoms with Crippen LogP contribution in [0.3, 0.4) is 0 Å². The van der Waals surface area contributed by atoms with E-state index in [1.54, 1.807) is 24.7 Å². The summed E-state index contributed by atoms with van der Waals surface area (Å²) in [7, 11) is -3.02. The zero-order valence-electron chi connectivity index (χ0n) is 15.6. The zero-order valence-corrected chi connectivity index (χ0v) is 16.5. The average molecular weight is 386 g/mol. The first-order valence-corrected chi connectivity index (χ1v) is 10.7. The molecule has 146 valence electrons. The fourth-order valence-corrected chi connectivity index (χ4v) is 3.93. The Morgan fingerprint density at radius 1 is 1.15 bits per heavy atom. The van der Waals surface area contributed by atoms with Crippen molar-refractivity contribution in [1.29, 1.82) is 0 Å². The Hall–Kier alpha value is -1.70. The number of nitrogens with zero attached hydrogens (tertiary/aromatic N) is 3. The lowest BCUT2D eigenvalue weighted by Gasteiger charge is -2.15. The van der Waals surface area contributed by atoms with Crippen LogP contribution < -0.4 is 11.2 Å². The molecule has 2 rings (SSSR count). The summed E-state index contributed by atoms with van der Waals surface area (Å²) in [5.41, 5.74) is -0.0916. The van der Waals surface area contributed by atoms with Gasteiger partial charge in [-0.25, -0.2) is 9.78 Å². The van der Waals surface area contributed by atoms with Crippen LogP contribution in [0.4, 0.5) is 0 Å². The van der Waals surface area contributed by atoms with Crippen LogP contribution in [0.5, 0.6) is 0 Å². The molecule has 26 heavy (non-hydrogen) atoms. The Kier molecular flexibility index (Phi) is 7.37. The minimum absolute atomic E-state index is 0.258. The quantitative estimate of drug-likeness (QED) is 0.469. The molecule has 1 N–H and O–H groups in total. The highest BCUT2D eigenvalue weighted by molar-refractivity contribution is 7.53. The second-order valence-electron chi connectivity index (χ2n) is 5.91. The molecule has 0 bridgehead atoms. The molecule has 2 aromatic rings. The van der Waals surface area contributed by atoms with Gasteiger partial charge in [0.2, 0.25) is 0 Å². The maximum atomic E-state index is 12.6. The number of H-pyrrole nitrogens is 1. The predicted molar refractivity (Wildman–Crippen MR) is 99.9 cm³/mol. The van der Waals surface area contributed by atoms with E-state index in [9.17, 15) is 14.2 Å². The molecule has 0 saturated carbocycles. The number of unbranched alkanes of at least 4 members (excludes halogenated alkanes) is 1. The molecule has 0 fully saturated rings. The first-order valence-electron chi connectivity index (χ1n) is 9.01. The van der Waals surface area contributed by atoms with Crippen molar-refractivity contribution < 1.29 is 13.6 Å². The number of hydrogen-bond donors (Lipinski definition) is 1. The van der Waals surface area contributed by atoms with Gasteiger partial charge in [0.05, 0.1) is 19.5 Å². The summed E-state index contributed by atoms with van der Waals surface area (Å²) in [6.07, 6.45) is 3.86. The topological polar surface area (TPSA) is 108 Å². The van der Waals surface area contributed by atoms with Gasteiger partial charge in [-0.2, -0.15) is 0 Å². The van der Waals surface area contributed by atoms with E-state index in [2.05, 4.69) is 9.97 Å². The van der Waals surface area contributed by atoms with E-state index in [-0.39, 0.29) is 18.7 Å². The first-order chi connectivity index (χ1) is 12.5. The molecule has 1 atom stereocenters. The molecule has 1 unspecified atom stereocenters. The van der Waals surface area contributed by atoms with Crippen LogP contribution in [-0.2, 0) is 26.7 Å². The van der Waals surface area contributed by atoms with Crippen LogP contribution in [0.15, 0.2) is 15.9 Å². The van der Waals surface area contributed by atoms with Gasteiger partial charge in [-0.1, -0.05) is 13.8 Å². The summed E-state index contributed by atoms with van der Waals surface area (Å²) in [6, 6.07) is 0. The minimum Gasteiger partial charge on any atom is -0.325 e. The monoisotopic (exact) mass is 386 g/mol. The van der Waals surface area contributed by atoms with Crippen LogP contribution in [0.2, 0.25) is 0 Å². The third-order valence-electron chi connectivity index (χ3n) is 4.00. The van der Waals surface area contributed by atoms with Crippen molar-refractivity contribution in [2.75, 3.05) is 19.4 Å². The van der Waals surface area contributed by atoms with Crippen LogP contribution >= 0.6 is 7.60 Å². The summed E-state index contributed by atoms with van der Waals surface area (Å²) < 4.78 is 25.7. The van der Waals surface area contributed by atoms with Crippen LogP contribution in [-0.4, -0.2) is 38.5 Å². The number of rotatable bonds is 11. The SMILES string of the molecule is CCCn1cnc2[nH]c(=O)n(CCCCOP(=O)(CC)OCC)c(=O)c21. The van der Waals surface area contributed by atoms with Crippen LogP contribution in [0.1, 0.15) is 40.0 Å². The minimum atomic E-state index is -3.02. The van der Waals surface area contributed by atoms with Gasteiger partial charge in [-0.05, 0) is 26.2 Å². The van der Waals surface area contributed by atoms with Gasteiger partial charge in [0.25, 0.3) is 5.56 Å². The van der Waals surface area contributed by atoms with Gasteiger partial charge in [-0.3, -0.25) is 18.9 Å². The Bertz CT molecular complexity index is 885. The molecule has 0 aromatic carbocycles. The number of hydrogen-bond acceptors (Lipinski definition) is 6. The molecule has 0 amide bonds. The number of nitrogens with one attached hydrogen (secondary N) is 1. The molecule has 0 saturated heterocycles. The Balaban J connectivity index is 2.03. The van der Waals surface area contributed by atoms with E-state index < -0.39 is 13.3 Å². The lowest BCUT2D eigenvalue weighted by molar-refractivity contribution is 0.208. The molecule has 2 heterocycles. The highest BCUT2D eigenvalue weighted by Crippen LogP contribution is 2.47. The zero-order chi connectivity index (χ0) is 19.2. The lowest BCUT2D eigenvalue weighted by atomic mass is 10.3. The average Bonchev–Trinajstić information content (AvgIpc) is 3.00. The number of fused-ring (bicyclic) bond motifs is 1. The van der Waals surface area contributed by atoms with Crippen molar-refractivity contribution in [1.82, 2.24) is 19.1 Å². The molecule has 0 aliphatic heterocycles. The van der Waals surface area contributed by atoms with Crippen molar-refractivity contribution in [3.8, 4) is 0 Å². The van der Waals surface area contributed by atoms with Gasteiger partial charge >= 0.3 is 13.3 Å². The summed E-state index contributed by atoms with van der Waals surface area (Å²) in [6.45, 7) is 7.04. The predicted octanol–water partition coefficient (Wildman–Crippen LogP) is 2.34. The standard InChI is InChI=1S/C16H27N4O5P/c1-4-9-19-12-17-14-13(19)15(21)20(16(22)18-14)10-7-8-11-25-26(23,6-3)24-5-2/h12H,4-11H2,1-3H3,(H,18,22). The molecule has 0 aliphatic carbocycles. The number of aromatic nitrogens is 4. The van der Waals surface area contributed by atoms with E-state index in [1.165, 1.54) is 4.57 Å². The van der Waals surface area contributed by atoms with E-state index in [0.29, 0.717) is 43.3 Å². The van der Waals surface area contributed by atoms with Crippen LogP contribution in [0, 0.1) is 0 Å². The van der Waals surface area contributed by atoms with Gasteiger partial charge < -0.3 is 13.6 Å². The molecule has 2 aromatic heterocycles. The van der Waals surface area contributed by atoms with Crippen molar-refractivity contribution in [3.63, 3.8) is 0 Å². The van der Waals surface area contributed by atoms with E-state index in [0.717, 1.165) is 6.42 Å². The number of aromatic amines is 1. The summed E-state index contributed by atoms with van der Waals surface area (Å²) in [5.74, 6) is 0. The summed E-state index contributed by atoms with van der Waals surface area (Å²) in [4.78, 5) is 31.5. The maximum Gasteiger partial charge on any atom is 0.330 e. The van der Waals surface area contributed by atoms with Gasteiger partial charge in [0.15, 0.2) is 11.2 Å². The second kappa shape index (κ2) is 9.30. The third kappa shape index (κ3) is 4.72. The molecular formula is C16H27N4O5P. The first kappa shape index (κ1) is 20.6. The van der Waals surface area contributed by atoms with Crippen molar-refractivity contribution in [3.05, 3.63) is 27.2 Å². The van der Waals surface area contributed by atoms with Gasteiger partial charge in [0.1, 0.15) is 0 Å². The fraction of sp³-hybridized carbons (Fsp3) is 0.688. The summed E-state index contributed by atoms with van der Waals surface area (Å²) >= 11 is 0. The maximum absolute atomic E-state index is 12.6. The van der Waals surface area contributed by atoms with E-state index in [1.807, 2.05) is 6.92 Å². The molecular weight excluding hydrogens is 359 g/mol. The molecule has 0 aliphatic rings. The number of imidazole rings is 1. The van der Waals surface area contributed by atoms with Gasteiger partial charge in [-0.15, -0.1) is 0 Å². The smallest absolute Gasteiger partial charge is 0.325 e. The van der Waals surface area contributed by atoms with E-state index in [4.69, 9.17) is 9.05 Å². The van der Waals surface area contributed by atoms with Crippen LogP contribution in [0.25, 0.3) is 11.2 Å². The Labute approximate surface area is 151 Å². The van der Waals surface area contributed by atoms with Gasteiger partial charge in [0, 0.05) is 19.3 Å². The highest BCUT2D eigenvalue weighted by Gasteiger charge is 2.20. The molecule has 0 radical (unpaired) electrons. The van der Waals surface area contributed by atoms with Crippen molar-refractivity contribution in [2.24, 2.45) is 0 Å². The second-order valence-corrected chi connectivity index (χ2v) is 8.28. The normalized spacial score (nSPS) is 14.0. The van der Waals surface area contributed by atoms with Crippen molar-refractivity contribution >= 4 is 18.8 Å². The fourth-order valence-electron chi connectivity index (χ4n) is 2.69. The van der Waals surface area contributed by atoms with E-state index >= 15 is 0 Å².